The van der Waals surface area contributed by atoms with Gasteiger partial charge in [-0.1, -0.05) is 57.2 Å². The van der Waals surface area contributed by atoms with E-state index in [4.69, 9.17) is 9.15 Å². The van der Waals surface area contributed by atoms with Gasteiger partial charge in [-0.3, -0.25) is 5.10 Å². The normalized spacial score (nSPS) is 11.5. The van der Waals surface area contributed by atoms with Crippen LogP contribution in [0.25, 0.3) is 22.7 Å². The molecule has 2 heterocycles. The van der Waals surface area contributed by atoms with E-state index >= 15 is 0 Å². The lowest BCUT2D eigenvalue weighted by atomic mass is 9.86. The number of carbonyl (C=O) groups is 1. The number of nitrogens with one attached hydrogen (secondary N) is 1. The minimum Gasteiger partial charge on any atom is -0.465 e. The van der Waals surface area contributed by atoms with Crippen molar-refractivity contribution in [3.8, 4) is 22.7 Å². The van der Waals surface area contributed by atoms with E-state index in [0.29, 0.717) is 12.0 Å². The summed E-state index contributed by atoms with van der Waals surface area (Å²) in [6, 6.07) is 19.8. The fraction of sp³-hybridized carbons (Fsp3) is 0.231. The number of rotatable bonds is 5. The Labute approximate surface area is 182 Å². The van der Waals surface area contributed by atoms with E-state index in [1.165, 1.54) is 18.2 Å². The highest BCUT2D eigenvalue weighted by Gasteiger charge is 2.20. The van der Waals surface area contributed by atoms with Crippen LogP contribution in [-0.4, -0.2) is 23.3 Å². The second-order valence-corrected chi connectivity index (χ2v) is 8.60. The van der Waals surface area contributed by atoms with E-state index in [2.05, 4.69) is 55.2 Å². The molecule has 1 N–H and O–H groups in total. The summed E-state index contributed by atoms with van der Waals surface area (Å²) in [5, 5.41) is 7.73. The molecule has 4 aromatic rings. The van der Waals surface area contributed by atoms with Gasteiger partial charge < -0.3 is 9.15 Å². The Morgan fingerprint density at radius 3 is 2.32 bits per heavy atom. The Kier molecular flexibility index (Phi) is 5.51. The van der Waals surface area contributed by atoms with Crippen LogP contribution >= 0.6 is 0 Å². The Morgan fingerprint density at radius 2 is 1.74 bits per heavy atom. The van der Waals surface area contributed by atoms with Crippen LogP contribution in [0, 0.1) is 0 Å². The minimum atomic E-state index is -0.357. The van der Waals surface area contributed by atoms with Crippen molar-refractivity contribution in [2.75, 3.05) is 7.11 Å². The van der Waals surface area contributed by atoms with E-state index in [9.17, 15) is 4.79 Å². The number of ether oxygens (including phenoxy) is 1. The van der Waals surface area contributed by atoms with Gasteiger partial charge in [-0.15, -0.1) is 0 Å². The number of esters is 1. The molecule has 0 aliphatic carbocycles. The van der Waals surface area contributed by atoms with Crippen LogP contribution in [0.2, 0.25) is 0 Å². The van der Waals surface area contributed by atoms with Crippen LogP contribution in [0.5, 0.6) is 0 Å². The van der Waals surface area contributed by atoms with Crippen molar-refractivity contribution in [1.29, 1.82) is 0 Å². The van der Waals surface area contributed by atoms with Gasteiger partial charge in [0.05, 0.1) is 24.6 Å². The molecule has 2 aromatic heterocycles. The molecule has 0 aliphatic heterocycles. The van der Waals surface area contributed by atoms with Gasteiger partial charge in [0.2, 0.25) is 0 Å². The monoisotopic (exact) mass is 414 g/mol. The van der Waals surface area contributed by atoms with E-state index < -0.39 is 0 Å². The summed E-state index contributed by atoms with van der Waals surface area (Å²) in [5.41, 5.74) is 6.77. The molecule has 0 saturated carbocycles. The van der Waals surface area contributed by atoms with Crippen LogP contribution in [0.15, 0.2) is 71.3 Å². The Morgan fingerprint density at radius 1 is 1.03 bits per heavy atom. The van der Waals surface area contributed by atoms with Crippen LogP contribution in [-0.2, 0) is 16.6 Å². The number of H-pyrrole nitrogens is 1. The quantitative estimate of drug-likeness (QED) is 0.406. The van der Waals surface area contributed by atoms with E-state index in [1.54, 1.807) is 18.4 Å². The van der Waals surface area contributed by atoms with Gasteiger partial charge in [-0.05, 0) is 40.8 Å². The van der Waals surface area contributed by atoms with Crippen LogP contribution < -0.4 is 0 Å². The Hall–Kier alpha value is -3.60. The van der Waals surface area contributed by atoms with Crippen LogP contribution in [0.1, 0.15) is 47.8 Å². The van der Waals surface area contributed by atoms with E-state index in [-0.39, 0.29) is 11.4 Å². The molecule has 4 rings (SSSR count). The molecule has 0 saturated heterocycles. The number of carbonyl (C=O) groups excluding carboxylic acids is 1. The first kappa shape index (κ1) is 20.7. The van der Waals surface area contributed by atoms with Crippen molar-refractivity contribution < 1.29 is 13.9 Å². The molecule has 0 amide bonds. The van der Waals surface area contributed by atoms with Crippen LogP contribution in [0.3, 0.4) is 0 Å². The largest absolute Gasteiger partial charge is 0.465 e. The average molecular weight is 415 g/mol. The highest BCUT2D eigenvalue weighted by molar-refractivity contribution is 5.90. The minimum absolute atomic E-state index is 0.111. The highest BCUT2D eigenvalue weighted by Crippen LogP contribution is 2.33. The summed E-state index contributed by atoms with van der Waals surface area (Å²) in [6.45, 7) is 6.63. The number of furan rings is 1. The topological polar surface area (TPSA) is 68.1 Å². The van der Waals surface area contributed by atoms with Crippen molar-refractivity contribution in [3.63, 3.8) is 0 Å². The standard InChI is InChI=1S/C26H26N2O3/c1-26(2,3)20-13-7-17(8-14-20)16-21-23(27-28-24(21)22-6-5-15-31-22)18-9-11-19(12-10-18)25(29)30-4/h5-15H,16H2,1-4H3,(H,27,28). The molecule has 31 heavy (non-hydrogen) atoms. The second kappa shape index (κ2) is 8.26. The first-order chi connectivity index (χ1) is 14.9. The van der Waals surface area contributed by atoms with Crippen molar-refractivity contribution >= 4 is 5.97 Å². The number of nitrogens with zero attached hydrogens (tertiary/aromatic N) is 1. The molecular weight excluding hydrogens is 388 g/mol. The molecule has 0 atom stereocenters. The summed E-state index contributed by atoms with van der Waals surface area (Å²) < 4.78 is 10.4. The third-order valence-corrected chi connectivity index (χ3v) is 5.42. The number of hydrogen-bond acceptors (Lipinski definition) is 4. The first-order valence-corrected chi connectivity index (χ1v) is 10.3. The molecule has 0 radical (unpaired) electrons. The smallest absolute Gasteiger partial charge is 0.337 e. The lowest BCUT2D eigenvalue weighted by Crippen LogP contribution is -2.10. The Balaban J connectivity index is 1.73. The summed E-state index contributed by atoms with van der Waals surface area (Å²) >= 11 is 0. The molecule has 0 fully saturated rings. The van der Waals surface area contributed by atoms with Gasteiger partial charge >= 0.3 is 5.97 Å². The van der Waals surface area contributed by atoms with Gasteiger partial charge in [0, 0.05) is 17.5 Å². The summed E-state index contributed by atoms with van der Waals surface area (Å²) in [7, 11) is 1.38. The molecule has 0 aliphatic rings. The third kappa shape index (κ3) is 4.31. The molecule has 0 bridgehead atoms. The molecule has 158 valence electrons. The molecule has 0 spiro atoms. The predicted octanol–water partition coefficient (Wildman–Crippen LogP) is 6.01. The van der Waals surface area contributed by atoms with Gasteiger partial charge in [-0.25, -0.2) is 4.79 Å². The number of benzene rings is 2. The van der Waals surface area contributed by atoms with Crippen molar-refractivity contribution in [2.45, 2.75) is 32.6 Å². The SMILES string of the molecule is COC(=O)c1ccc(-c2n[nH]c(-c3ccco3)c2Cc2ccc(C(C)(C)C)cc2)cc1. The number of aromatic amines is 1. The van der Waals surface area contributed by atoms with Gasteiger partial charge in [0.15, 0.2) is 5.76 Å². The summed E-state index contributed by atoms with van der Waals surface area (Å²) in [6.07, 6.45) is 2.36. The number of methoxy groups -OCH3 is 1. The van der Waals surface area contributed by atoms with Crippen molar-refractivity contribution in [3.05, 3.63) is 89.2 Å². The maximum absolute atomic E-state index is 11.8. The second-order valence-electron chi connectivity index (χ2n) is 8.60. The van der Waals surface area contributed by atoms with Gasteiger partial charge in [0.25, 0.3) is 0 Å². The molecule has 0 unspecified atom stereocenters. The van der Waals surface area contributed by atoms with Gasteiger partial charge in [0.1, 0.15) is 5.69 Å². The summed E-state index contributed by atoms with van der Waals surface area (Å²) in [4.78, 5) is 11.8. The zero-order valence-electron chi connectivity index (χ0n) is 18.2. The fourth-order valence-corrected chi connectivity index (χ4v) is 3.61. The maximum atomic E-state index is 11.8. The molecule has 5 heteroatoms. The zero-order valence-corrected chi connectivity index (χ0v) is 18.2. The summed E-state index contributed by atoms with van der Waals surface area (Å²) in [5.74, 6) is 0.384. The zero-order chi connectivity index (χ0) is 22.0. The maximum Gasteiger partial charge on any atom is 0.337 e. The van der Waals surface area contributed by atoms with E-state index in [1.807, 2.05) is 24.3 Å². The lowest BCUT2D eigenvalue weighted by molar-refractivity contribution is 0.0600. The molecular formula is C26H26N2O3. The Bertz CT molecular complexity index is 1160. The lowest BCUT2D eigenvalue weighted by Gasteiger charge is -2.19. The predicted molar refractivity (Wildman–Crippen MR) is 121 cm³/mol. The van der Waals surface area contributed by atoms with Gasteiger partial charge in [-0.2, -0.15) is 5.10 Å². The number of hydrogen-bond donors (Lipinski definition) is 1. The molecule has 5 nitrogen and oxygen atoms in total. The molecule has 2 aromatic carbocycles. The van der Waals surface area contributed by atoms with E-state index in [0.717, 1.165) is 28.3 Å². The average Bonchev–Trinajstić information content (AvgIpc) is 3.43. The highest BCUT2D eigenvalue weighted by atomic mass is 16.5. The van der Waals surface area contributed by atoms with Crippen molar-refractivity contribution in [2.24, 2.45) is 0 Å². The van der Waals surface area contributed by atoms with Crippen molar-refractivity contribution in [1.82, 2.24) is 10.2 Å². The van der Waals surface area contributed by atoms with Crippen LogP contribution in [0.4, 0.5) is 0 Å². The third-order valence-electron chi connectivity index (χ3n) is 5.42. The number of aromatic nitrogens is 2. The first-order valence-electron chi connectivity index (χ1n) is 10.3. The fourth-order valence-electron chi connectivity index (χ4n) is 3.61.